The molecule has 0 unspecified atom stereocenters. The van der Waals surface area contributed by atoms with Crippen molar-refractivity contribution in [2.45, 2.75) is 32.7 Å². The fraction of sp³-hybridized carbons (Fsp3) is 0.250. The fourth-order valence-corrected chi connectivity index (χ4v) is 3.41. The van der Waals surface area contributed by atoms with E-state index >= 15 is 0 Å². The van der Waals surface area contributed by atoms with E-state index in [1.165, 1.54) is 23.1 Å². The molecule has 2 aromatic carbocycles. The lowest BCUT2D eigenvalue weighted by Crippen LogP contribution is -2.30. The van der Waals surface area contributed by atoms with Gasteiger partial charge in [0.2, 0.25) is 0 Å². The van der Waals surface area contributed by atoms with Gasteiger partial charge in [-0.15, -0.1) is 0 Å². The van der Waals surface area contributed by atoms with Crippen LogP contribution in [-0.4, -0.2) is 22.5 Å². The molecule has 0 saturated carbocycles. The Labute approximate surface area is 182 Å². The van der Waals surface area contributed by atoms with Crippen molar-refractivity contribution in [3.8, 4) is 0 Å². The van der Waals surface area contributed by atoms with Crippen molar-refractivity contribution >= 4 is 52.2 Å². The van der Waals surface area contributed by atoms with Gasteiger partial charge in [0.25, 0.3) is 11.6 Å². The van der Waals surface area contributed by atoms with Crippen molar-refractivity contribution in [1.29, 1.82) is 0 Å². The lowest BCUT2D eigenvalue weighted by molar-refractivity contribution is -0.384. The number of non-ortho nitro benzene ring substituents is 1. The Morgan fingerprint density at radius 1 is 1.23 bits per heavy atom. The zero-order valence-corrected chi connectivity index (χ0v) is 17.4. The molecule has 1 aliphatic heterocycles. The molecule has 0 aliphatic carbocycles. The van der Waals surface area contributed by atoms with E-state index in [4.69, 9.17) is 28.0 Å². The lowest BCUT2D eigenvalue weighted by Gasteiger charge is -2.17. The van der Waals surface area contributed by atoms with Crippen LogP contribution >= 0.6 is 23.2 Å². The van der Waals surface area contributed by atoms with Gasteiger partial charge in [-0.3, -0.25) is 14.9 Å². The van der Waals surface area contributed by atoms with Crippen molar-refractivity contribution in [2.24, 2.45) is 5.16 Å². The van der Waals surface area contributed by atoms with Crippen LogP contribution in [0.5, 0.6) is 0 Å². The zero-order valence-electron chi connectivity index (χ0n) is 15.9. The summed E-state index contributed by atoms with van der Waals surface area (Å²) in [7, 11) is 0. The number of rotatable bonds is 7. The predicted octanol–water partition coefficient (Wildman–Crippen LogP) is 4.89. The Morgan fingerprint density at radius 2 is 2.00 bits per heavy atom. The second-order valence-corrected chi connectivity index (χ2v) is 7.44. The normalized spacial score (nSPS) is 14.2. The molecule has 30 heavy (non-hydrogen) atoms. The molecule has 0 fully saturated rings. The van der Waals surface area contributed by atoms with Gasteiger partial charge in [0, 0.05) is 34.2 Å². The largest absolute Gasteiger partial charge is 0.335 e. The van der Waals surface area contributed by atoms with Crippen molar-refractivity contribution < 1.29 is 19.3 Å². The first kappa shape index (κ1) is 21.7. The molecule has 1 heterocycles. The molecule has 0 spiro atoms. The molecule has 3 rings (SSSR count). The number of hydrogen-bond donors (Lipinski definition) is 0. The van der Waals surface area contributed by atoms with Crippen LogP contribution in [0.3, 0.4) is 0 Å². The van der Waals surface area contributed by atoms with Gasteiger partial charge in [0.15, 0.2) is 5.71 Å². The van der Waals surface area contributed by atoms with E-state index in [1.54, 1.807) is 18.2 Å². The van der Waals surface area contributed by atoms with Crippen LogP contribution in [0.25, 0.3) is 0 Å². The van der Waals surface area contributed by atoms with Crippen LogP contribution in [0, 0.1) is 10.1 Å². The Balaban J connectivity index is 1.97. The average molecular weight is 450 g/mol. The van der Waals surface area contributed by atoms with E-state index in [0.29, 0.717) is 27.7 Å². The highest BCUT2D eigenvalue weighted by molar-refractivity contribution is 6.54. The molecule has 1 amide bonds. The summed E-state index contributed by atoms with van der Waals surface area (Å²) >= 11 is 12.2. The summed E-state index contributed by atoms with van der Waals surface area (Å²) in [4.78, 5) is 41.7. The van der Waals surface area contributed by atoms with E-state index in [-0.39, 0.29) is 29.9 Å². The molecule has 156 valence electrons. The highest BCUT2D eigenvalue weighted by Crippen LogP contribution is 2.35. The van der Waals surface area contributed by atoms with Crippen LogP contribution in [0.15, 0.2) is 41.6 Å². The molecule has 0 saturated heterocycles. The van der Waals surface area contributed by atoms with E-state index in [0.717, 1.165) is 6.42 Å². The first-order chi connectivity index (χ1) is 14.3. The molecule has 2 aromatic rings. The fourth-order valence-electron chi connectivity index (χ4n) is 2.94. The van der Waals surface area contributed by atoms with Gasteiger partial charge in [0.05, 0.1) is 17.2 Å². The van der Waals surface area contributed by atoms with E-state index in [1.807, 2.05) is 6.92 Å². The van der Waals surface area contributed by atoms with Crippen LogP contribution in [0.2, 0.25) is 10.0 Å². The number of halogens is 2. The number of carbonyl (C=O) groups is 2. The lowest BCUT2D eigenvalue weighted by atomic mass is 10.1. The number of nitro benzene ring substituents is 1. The average Bonchev–Trinajstić information content (AvgIpc) is 2.97. The maximum absolute atomic E-state index is 13.0. The first-order valence-corrected chi connectivity index (χ1v) is 9.89. The van der Waals surface area contributed by atoms with Gasteiger partial charge >= 0.3 is 5.97 Å². The molecule has 0 aromatic heterocycles. The minimum absolute atomic E-state index is 0.0858. The van der Waals surface area contributed by atoms with E-state index in [2.05, 4.69) is 5.16 Å². The van der Waals surface area contributed by atoms with Gasteiger partial charge in [0.1, 0.15) is 0 Å². The van der Waals surface area contributed by atoms with Crippen molar-refractivity contribution in [1.82, 2.24) is 0 Å². The summed E-state index contributed by atoms with van der Waals surface area (Å²) in [5, 5.41) is 15.7. The Morgan fingerprint density at radius 3 is 2.67 bits per heavy atom. The predicted molar refractivity (Wildman–Crippen MR) is 113 cm³/mol. The molecule has 1 aliphatic rings. The highest BCUT2D eigenvalue weighted by Gasteiger charge is 2.36. The minimum atomic E-state index is -0.580. The van der Waals surface area contributed by atoms with Gasteiger partial charge < -0.3 is 9.74 Å². The summed E-state index contributed by atoms with van der Waals surface area (Å²) in [5.74, 6) is -1.14. The molecule has 0 radical (unpaired) electrons. The van der Waals surface area contributed by atoms with Gasteiger partial charge in [-0.25, -0.2) is 4.79 Å². The third-order valence-electron chi connectivity index (χ3n) is 4.50. The van der Waals surface area contributed by atoms with Crippen molar-refractivity contribution in [3.63, 3.8) is 0 Å². The SMILES string of the molecule is CCCCC(=O)O/N=C1/C(=O)N(Cc2ccc(Cl)cc2Cl)c2ccc([N+](=O)[O-])cc21. The maximum atomic E-state index is 13.0. The summed E-state index contributed by atoms with van der Waals surface area (Å²) < 4.78 is 0. The van der Waals surface area contributed by atoms with E-state index in [9.17, 15) is 19.7 Å². The quantitative estimate of drug-likeness (QED) is 0.340. The highest BCUT2D eigenvalue weighted by atomic mass is 35.5. The number of fused-ring (bicyclic) bond motifs is 1. The van der Waals surface area contributed by atoms with Crippen molar-refractivity contribution in [3.05, 3.63) is 67.7 Å². The number of nitro groups is 1. The number of oxime groups is 1. The van der Waals surface area contributed by atoms with Crippen LogP contribution in [-0.2, 0) is 21.0 Å². The van der Waals surface area contributed by atoms with Gasteiger partial charge in [-0.1, -0.05) is 47.8 Å². The van der Waals surface area contributed by atoms with Crippen LogP contribution in [0.1, 0.15) is 37.3 Å². The first-order valence-electron chi connectivity index (χ1n) is 9.14. The second-order valence-electron chi connectivity index (χ2n) is 6.59. The zero-order chi connectivity index (χ0) is 21.8. The standard InChI is InChI=1S/C20H17Cl2N3O5/c1-2-3-4-18(26)30-23-19-15-10-14(25(28)29)7-8-17(15)24(20(19)27)11-12-5-6-13(21)9-16(12)22/h5-10H,2-4,11H2,1H3/b23-19+. The van der Waals surface area contributed by atoms with Gasteiger partial charge in [-0.05, 0) is 30.2 Å². The number of amides is 1. The molecular weight excluding hydrogens is 433 g/mol. The molecule has 0 atom stereocenters. The smallest absolute Gasteiger partial charge is 0.317 e. The number of unbranched alkanes of at least 4 members (excludes halogenated alkanes) is 1. The van der Waals surface area contributed by atoms with Crippen molar-refractivity contribution in [2.75, 3.05) is 4.90 Å². The number of hydrogen-bond acceptors (Lipinski definition) is 6. The number of carbonyl (C=O) groups excluding carboxylic acids is 2. The Bertz CT molecular complexity index is 1050. The number of anilines is 1. The molecular formula is C20H17Cl2N3O5. The molecule has 0 N–H and O–H groups in total. The van der Waals surface area contributed by atoms with Gasteiger partial charge in [-0.2, -0.15) is 0 Å². The summed E-state index contributed by atoms with van der Waals surface area (Å²) in [6.45, 7) is 2.01. The third-order valence-corrected chi connectivity index (χ3v) is 5.09. The maximum Gasteiger partial charge on any atom is 0.335 e. The topological polar surface area (TPSA) is 102 Å². The summed E-state index contributed by atoms with van der Waals surface area (Å²) in [6.07, 6.45) is 1.59. The Kier molecular flexibility index (Phi) is 6.69. The van der Waals surface area contributed by atoms with Crippen LogP contribution < -0.4 is 4.90 Å². The van der Waals surface area contributed by atoms with E-state index < -0.39 is 16.8 Å². The third kappa shape index (κ3) is 4.60. The Hall–Kier alpha value is -2.97. The second kappa shape index (κ2) is 9.23. The van der Waals surface area contributed by atoms with Crippen LogP contribution in [0.4, 0.5) is 11.4 Å². The monoisotopic (exact) mass is 449 g/mol. The summed E-state index contributed by atoms with van der Waals surface area (Å²) in [6, 6.07) is 8.86. The summed E-state index contributed by atoms with van der Waals surface area (Å²) in [5.41, 5.74) is 0.851. The number of nitrogens with zero attached hydrogens (tertiary/aromatic N) is 3. The molecule has 8 nitrogen and oxygen atoms in total. The number of benzene rings is 2. The molecule has 10 heteroatoms. The molecule has 0 bridgehead atoms. The minimum Gasteiger partial charge on any atom is -0.317 e.